The van der Waals surface area contributed by atoms with E-state index in [1.165, 1.54) is 18.2 Å². The van der Waals surface area contributed by atoms with Gasteiger partial charge in [0.25, 0.3) is 5.91 Å². The van der Waals surface area contributed by atoms with E-state index in [0.717, 1.165) is 16.8 Å². The number of nitrogens with zero attached hydrogens (tertiary/aromatic N) is 1. The maximum absolute atomic E-state index is 12.8. The van der Waals surface area contributed by atoms with Crippen LogP contribution in [0.3, 0.4) is 0 Å². The predicted octanol–water partition coefficient (Wildman–Crippen LogP) is 5.16. The van der Waals surface area contributed by atoms with Crippen molar-refractivity contribution in [1.82, 2.24) is 10.4 Å². The maximum atomic E-state index is 12.8. The fourth-order valence-corrected chi connectivity index (χ4v) is 4.29. The molecule has 3 rings (SSSR count). The van der Waals surface area contributed by atoms with Crippen molar-refractivity contribution in [3.8, 4) is 5.75 Å². The van der Waals surface area contributed by atoms with E-state index in [-0.39, 0.29) is 20.0 Å². The zero-order valence-electron chi connectivity index (χ0n) is 15.7. The highest BCUT2D eigenvalue weighted by molar-refractivity contribution is 9.10. The molecule has 1 saturated heterocycles. The second-order valence-electron chi connectivity index (χ2n) is 6.08. The average molecular weight is 577 g/mol. The quantitative estimate of drug-likeness (QED) is 0.322. The molecule has 0 spiro atoms. The molecular formula is C19H12BrCl2N3O5S2. The third kappa shape index (κ3) is 6.14. The molecule has 0 aromatic heterocycles. The first-order valence-corrected chi connectivity index (χ1v) is 11.4. The number of carboxylic acids is 1. The predicted molar refractivity (Wildman–Crippen MR) is 131 cm³/mol. The summed E-state index contributed by atoms with van der Waals surface area (Å²) in [5, 5.41) is 12.9. The molecule has 0 radical (unpaired) electrons. The molecule has 0 aliphatic carbocycles. The summed E-state index contributed by atoms with van der Waals surface area (Å²) in [5.41, 5.74) is 3.21. The van der Waals surface area contributed by atoms with E-state index in [4.69, 9.17) is 45.3 Å². The largest absolute Gasteiger partial charge is 0.481 e. The van der Waals surface area contributed by atoms with Crippen molar-refractivity contribution in [3.63, 3.8) is 0 Å². The SMILES string of the molecule is O=C(O)COc1ccc(Br)cc1/C=C1/SC(=S)N(NC(=O)Nc2ccc(Cl)c(Cl)c2)C1=O. The molecule has 8 nitrogen and oxygen atoms in total. The number of carbonyl (C=O) groups excluding carboxylic acids is 2. The number of urea groups is 1. The van der Waals surface area contributed by atoms with Gasteiger partial charge in [-0.1, -0.05) is 50.9 Å². The topological polar surface area (TPSA) is 108 Å². The number of ether oxygens (including phenoxy) is 1. The van der Waals surface area contributed by atoms with Crippen LogP contribution in [0.5, 0.6) is 5.75 Å². The second kappa shape index (κ2) is 10.5. The van der Waals surface area contributed by atoms with Crippen LogP contribution in [-0.4, -0.2) is 39.0 Å². The molecule has 2 aromatic carbocycles. The number of hydrazine groups is 1. The second-order valence-corrected chi connectivity index (χ2v) is 9.48. The molecule has 1 aliphatic rings. The van der Waals surface area contributed by atoms with E-state index >= 15 is 0 Å². The number of benzene rings is 2. The average Bonchev–Trinajstić information content (AvgIpc) is 2.97. The number of halogens is 3. The van der Waals surface area contributed by atoms with Crippen LogP contribution in [0, 0.1) is 0 Å². The van der Waals surface area contributed by atoms with Crippen molar-refractivity contribution in [2.24, 2.45) is 0 Å². The summed E-state index contributed by atoms with van der Waals surface area (Å²) in [6.45, 7) is -0.542. The Morgan fingerprint density at radius 1 is 1.22 bits per heavy atom. The van der Waals surface area contributed by atoms with Crippen molar-refractivity contribution in [1.29, 1.82) is 0 Å². The van der Waals surface area contributed by atoms with Gasteiger partial charge in [0.05, 0.1) is 15.0 Å². The number of amides is 3. The maximum Gasteiger partial charge on any atom is 0.341 e. The lowest BCUT2D eigenvalue weighted by Gasteiger charge is -2.16. The molecule has 3 N–H and O–H groups in total. The molecule has 13 heteroatoms. The van der Waals surface area contributed by atoms with Gasteiger partial charge in [-0.25, -0.2) is 15.0 Å². The highest BCUT2D eigenvalue weighted by atomic mass is 79.9. The fourth-order valence-electron chi connectivity index (χ4n) is 2.44. The molecule has 0 atom stereocenters. The van der Waals surface area contributed by atoms with Crippen molar-refractivity contribution >= 4 is 97.1 Å². The van der Waals surface area contributed by atoms with Crippen LogP contribution in [0.1, 0.15) is 5.56 Å². The first kappa shape index (κ1) is 24.3. The number of aliphatic carboxylic acids is 1. The summed E-state index contributed by atoms with van der Waals surface area (Å²) in [6.07, 6.45) is 1.50. The third-order valence-electron chi connectivity index (χ3n) is 3.79. The van der Waals surface area contributed by atoms with Crippen molar-refractivity contribution in [2.75, 3.05) is 11.9 Å². The number of hydrogen-bond acceptors (Lipinski definition) is 6. The van der Waals surface area contributed by atoms with Crippen LogP contribution in [-0.2, 0) is 9.59 Å². The minimum Gasteiger partial charge on any atom is -0.481 e. The minimum absolute atomic E-state index is 0.105. The minimum atomic E-state index is -1.14. The van der Waals surface area contributed by atoms with Gasteiger partial charge in [0.2, 0.25) is 0 Å². The Labute approximate surface area is 210 Å². The van der Waals surface area contributed by atoms with Crippen LogP contribution in [0.4, 0.5) is 10.5 Å². The molecule has 3 amide bonds. The van der Waals surface area contributed by atoms with E-state index < -0.39 is 24.5 Å². The number of anilines is 1. The Hall–Kier alpha value is -2.31. The number of carboxylic acid groups (broad SMARTS) is 1. The zero-order valence-corrected chi connectivity index (χ0v) is 20.5. The normalized spacial score (nSPS) is 14.6. The third-order valence-corrected chi connectivity index (χ3v) is 6.33. The summed E-state index contributed by atoms with van der Waals surface area (Å²) in [6, 6.07) is 8.72. The van der Waals surface area contributed by atoms with Gasteiger partial charge in [-0.2, -0.15) is 5.01 Å². The Morgan fingerprint density at radius 2 is 1.97 bits per heavy atom. The Morgan fingerprint density at radius 3 is 2.66 bits per heavy atom. The molecule has 166 valence electrons. The molecule has 1 heterocycles. The highest BCUT2D eigenvalue weighted by Gasteiger charge is 2.34. The number of nitrogens with one attached hydrogen (secondary N) is 2. The molecule has 0 saturated carbocycles. The van der Waals surface area contributed by atoms with E-state index in [1.807, 2.05) is 0 Å². The van der Waals surface area contributed by atoms with E-state index in [9.17, 15) is 14.4 Å². The van der Waals surface area contributed by atoms with Gasteiger partial charge < -0.3 is 15.2 Å². The summed E-state index contributed by atoms with van der Waals surface area (Å²) in [5.74, 6) is -1.43. The monoisotopic (exact) mass is 575 g/mol. The van der Waals surface area contributed by atoms with E-state index in [2.05, 4.69) is 26.7 Å². The first-order chi connectivity index (χ1) is 15.1. The van der Waals surface area contributed by atoms with Gasteiger partial charge >= 0.3 is 12.0 Å². The van der Waals surface area contributed by atoms with Crippen molar-refractivity contribution < 1.29 is 24.2 Å². The number of rotatable bonds is 6. The fraction of sp³-hybridized carbons (Fsp3) is 0.0526. The van der Waals surface area contributed by atoms with Gasteiger partial charge in [-0.15, -0.1) is 0 Å². The van der Waals surface area contributed by atoms with Crippen LogP contribution < -0.4 is 15.5 Å². The van der Waals surface area contributed by atoms with Gasteiger partial charge in [-0.05, 0) is 54.7 Å². The van der Waals surface area contributed by atoms with E-state index in [0.29, 0.717) is 20.7 Å². The Balaban J connectivity index is 1.75. The molecular weight excluding hydrogens is 565 g/mol. The molecule has 2 aromatic rings. The lowest BCUT2D eigenvalue weighted by Crippen LogP contribution is -2.46. The van der Waals surface area contributed by atoms with E-state index in [1.54, 1.807) is 24.3 Å². The zero-order chi connectivity index (χ0) is 23.4. The number of hydrogen-bond donors (Lipinski definition) is 3. The van der Waals surface area contributed by atoms with Gasteiger partial charge in [0, 0.05) is 15.7 Å². The lowest BCUT2D eigenvalue weighted by atomic mass is 10.2. The summed E-state index contributed by atoms with van der Waals surface area (Å²) in [4.78, 5) is 36.1. The van der Waals surface area contributed by atoms with Crippen molar-refractivity contribution in [3.05, 3.63) is 61.4 Å². The van der Waals surface area contributed by atoms with Crippen LogP contribution in [0.15, 0.2) is 45.8 Å². The Bertz CT molecular complexity index is 1160. The van der Waals surface area contributed by atoms with Gasteiger partial charge in [-0.3, -0.25) is 4.79 Å². The van der Waals surface area contributed by atoms with Crippen molar-refractivity contribution in [2.45, 2.75) is 0 Å². The van der Waals surface area contributed by atoms with Crippen LogP contribution in [0.25, 0.3) is 6.08 Å². The lowest BCUT2D eigenvalue weighted by molar-refractivity contribution is -0.139. The molecule has 0 bridgehead atoms. The standard InChI is InChI=1S/C19H12BrCl2N3O5S2/c20-10-1-4-14(30-8-16(26)27)9(5-10)6-15-17(28)25(19(31)32-15)24-18(29)23-11-2-3-12(21)13(22)7-11/h1-7H,8H2,(H,26,27)(H2,23,24,29)/b15-6+. The summed E-state index contributed by atoms with van der Waals surface area (Å²) in [7, 11) is 0. The van der Waals surface area contributed by atoms with Gasteiger partial charge in [0.1, 0.15) is 5.75 Å². The van der Waals surface area contributed by atoms with Crippen LogP contribution in [0.2, 0.25) is 10.0 Å². The van der Waals surface area contributed by atoms with Crippen LogP contribution >= 0.6 is 63.1 Å². The summed E-state index contributed by atoms with van der Waals surface area (Å²) >= 11 is 21.3. The molecule has 32 heavy (non-hydrogen) atoms. The number of thiocarbonyl (C=S) groups is 1. The summed E-state index contributed by atoms with van der Waals surface area (Å²) < 4.78 is 6.07. The Kier molecular flexibility index (Phi) is 8.01. The van der Waals surface area contributed by atoms with Gasteiger partial charge in [0.15, 0.2) is 10.9 Å². The molecule has 0 unspecified atom stereocenters. The molecule has 1 fully saturated rings. The highest BCUT2D eigenvalue weighted by Crippen LogP contribution is 2.34. The first-order valence-electron chi connectivity index (χ1n) is 8.59. The molecule has 1 aliphatic heterocycles. The number of carbonyl (C=O) groups is 3. The smallest absolute Gasteiger partial charge is 0.341 e. The number of thioether (sulfide) groups is 1.